The number of hydrogen-bond acceptors (Lipinski definition) is 3. The van der Waals surface area contributed by atoms with Crippen LogP contribution in [0.5, 0.6) is 5.75 Å². The molecule has 1 amide bonds. The Hall–Kier alpha value is -1.08. The number of benzene rings is 1. The number of unbranched alkanes of at least 4 members (excludes halogenated alkanes) is 2. The minimum Gasteiger partial charge on any atom is -0.483 e. The van der Waals surface area contributed by atoms with Gasteiger partial charge in [-0.15, -0.1) is 0 Å². The molecule has 0 aromatic heterocycles. The van der Waals surface area contributed by atoms with Gasteiger partial charge in [0.1, 0.15) is 5.75 Å². The summed E-state index contributed by atoms with van der Waals surface area (Å²) in [5.74, 6) is -0.370. The minimum atomic E-state index is -0.785. The molecule has 116 valence electrons. The molecule has 0 aliphatic carbocycles. The molecule has 0 aliphatic heterocycles. The fraction of sp³-hybridized carbons (Fsp3) is 0.429. The lowest BCUT2D eigenvalue weighted by Crippen LogP contribution is -2.29. The van der Waals surface area contributed by atoms with Gasteiger partial charge in [-0.05, 0) is 47.0 Å². The van der Waals surface area contributed by atoms with E-state index in [-0.39, 0.29) is 18.9 Å². The van der Waals surface area contributed by atoms with Gasteiger partial charge < -0.3 is 15.2 Å². The van der Waals surface area contributed by atoms with E-state index >= 15 is 0 Å². The van der Waals surface area contributed by atoms with Crippen LogP contribution in [0.3, 0.4) is 0 Å². The molecule has 0 unspecified atom stereocenters. The van der Waals surface area contributed by atoms with Gasteiger partial charge in [0.2, 0.25) is 0 Å². The van der Waals surface area contributed by atoms with Gasteiger partial charge >= 0.3 is 5.97 Å². The second-order valence-corrected chi connectivity index (χ2v) is 6.19. The fourth-order valence-corrected chi connectivity index (χ4v) is 2.75. The van der Waals surface area contributed by atoms with Gasteiger partial charge in [0.05, 0.1) is 4.47 Å². The highest BCUT2D eigenvalue weighted by atomic mass is 79.9. The van der Waals surface area contributed by atoms with Crippen LogP contribution >= 0.6 is 31.9 Å². The second-order valence-electron chi connectivity index (χ2n) is 4.42. The van der Waals surface area contributed by atoms with Crippen molar-refractivity contribution in [3.8, 4) is 5.75 Å². The Labute approximate surface area is 140 Å². The molecule has 0 heterocycles. The lowest BCUT2D eigenvalue weighted by atomic mass is 10.2. The van der Waals surface area contributed by atoms with Crippen LogP contribution in [-0.2, 0) is 9.59 Å². The third-order valence-corrected chi connectivity index (χ3v) is 3.76. The maximum absolute atomic E-state index is 11.6. The first-order chi connectivity index (χ1) is 9.99. The Morgan fingerprint density at radius 1 is 1.19 bits per heavy atom. The molecule has 21 heavy (non-hydrogen) atoms. The summed E-state index contributed by atoms with van der Waals surface area (Å²) in [5.41, 5.74) is 0. The summed E-state index contributed by atoms with van der Waals surface area (Å²) in [6.07, 6.45) is 2.36. The van der Waals surface area contributed by atoms with Crippen LogP contribution < -0.4 is 10.1 Å². The molecule has 1 aromatic carbocycles. The zero-order valence-electron chi connectivity index (χ0n) is 11.4. The minimum absolute atomic E-state index is 0.0463. The van der Waals surface area contributed by atoms with Crippen molar-refractivity contribution in [2.24, 2.45) is 0 Å². The third kappa shape index (κ3) is 8.06. The van der Waals surface area contributed by atoms with E-state index in [1.807, 2.05) is 12.1 Å². The first-order valence-corrected chi connectivity index (χ1v) is 8.14. The summed E-state index contributed by atoms with van der Waals surface area (Å²) in [7, 11) is 0. The summed E-state index contributed by atoms with van der Waals surface area (Å²) in [6, 6.07) is 5.45. The van der Waals surface area contributed by atoms with Crippen LogP contribution in [0.25, 0.3) is 0 Å². The number of aliphatic carboxylic acids is 1. The van der Waals surface area contributed by atoms with Gasteiger partial charge in [0, 0.05) is 17.4 Å². The molecule has 1 aromatic rings. The highest BCUT2D eigenvalue weighted by Gasteiger charge is 2.05. The number of carbonyl (C=O) groups is 2. The normalized spacial score (nSPS) is 10.2. The lowest BCUT2D eigenvalue weighted by Gasteiger charge is -2.09. The quantitative estimate of drug-likeness (QED) is 0.598. The molecule has 0 saturated carbocycles. The van der Waals surface area contributed by atoms with E-state index in [4.69, 9.17) is 9.84 Å². The Kier molecular flexibility index (Phi) is 8.37. The van der Waals surface area contributed by atoms with Crippen LogP contribution in [0, 0.1) is 0 Å². The Balaban J connectivity index is 2.15. The molecule has 0 spiro atoms. The van der Waals surface area contributed by atoms with Gasteiger partial charge in [-0.25, -0.2) is 0 Å². The van der Waals surface area contributed by atoms with Crippen LogP contribution in [-0.4, -0.2) is 30.1 Å². The maximum atomic E-state index is 11.6. The zero-order chi connectivity index (χ0) is 15.7. The first-order valence-electron chi connectivity index (χ1n) is 6.55. The smallest absolute Gasteiger partial charge is 0.303 e. The van der Waals surface area contributed by atoms with E-state index in [0.717, 1.165) is 21.8 Å². The predicted molar refractivity (Wildman–Crippen MR) is 86.5 cm³/mol. The molecular weight excluding hydrogens is 406 g/mol. The molecule has 2 N–H and O–H groups in total. The number of halogens is 2. The van der Waals surface area contributed by atoms with Crippen molar-refractivity contribution in [3.05, 3.63) is 27.1 Å². The molecule has 7 heteroatoms. The van der Waals surface area contributed by atoms with Crippen molar-refractivity contribution in [1.29, 1.82) is 0 Å². The topological polar surface area (TPSA) is 75.6 Å². The molecule has 0 radical (unpaired) electrons. The largest absolute Gasteiger partial charge is 0.483 e. The summed E-state index contributed by atoms with van der Waals surface area (Å²) >= 11 is 6.69. The van der Waals surface area contributed by atoms with Gasteiger partial charge in [0.15, 0.2) is 6.61 Å². The van der Waals surface area contributed by atoms with Gasteiger partial charge in [0.25, 0.3) is 5.91 Å². The van der Waals surface area contributed by atoms with E-state index in [2.05, 4.69) is 37.2 Å². The molecule has 0 atom stereocenters. The summed E-state index contributed by atoms with van der Waals surface area (Å²) in [4.78, 5) is 21.9. The molecule has 1 rings (SSSR count). The van der Waals surface area contributed by atoms with E-state index in [1.54, 1.807) is 6.07 Å². The fourth-order valence-electron chi connectivity index (χ4n) is 1.59. The van der Waals surface area contributed by atoms with Gasteiger partial charge in [-0.3, -0.25) is 9.59 Å². The number of rotatable bonds is 9. The monoisotopic (exact) mass is 421 g/mol. The Morgan fingerprint density at radius 3 is 2.62 bits per heavy atom. The molecule has 0 fully saturated rings. The SMILES string of the molecule is O=C(O)CCCCCNC(=O)COc1ccc(Br)cc1Br. The van der Waals surface area contributed by atoms with Crippen molar-refractivity contribution >= 4 is 43.7 Å². The average molecular weight is 423 g/mol. The molecule has 0 saturated heterocycles. The van der Waals surface area contributed by atoms with Gasteiger partial charge in [-0.1, -0.05) is 22.4 Å². The predicted octanol–water partition coefficient (Wildman–Crippen LogP) is 3.35. The first kappa shape index (κ1) is 18.0. The number of carboxylic acid groups (broad SMARTS) is 1. The number of amides is 1. The Bertz CT molecular complexity index is 494. The van der Waals surface area contributed by atoms with Gasteiger partial charge in [-0.2, -0.15) is 0 Å². The lowest BCUT2D eigenvalue weighted by molar-refractivity contribution is -0.137. The zero-order valence-corrected chi connectivity index (χ0v) is 14.6. The third-order valence-electron chi connectivity index (χ3n) is 2.64. The van der Waals surface area contributed by atoms with Crippen LogP contribution in [0.15, 0.2) is 27.1 Å². The van der Waals surface area contributed by atoms with E-state index < -0.39 is 5.97 Å². The highest BCUT2D eigenvalue weighted by molar-refractivity contribution is 9.11. The van der Waals surface area contributed by atoms with Crippen LogP contribution in [0.4, 0.5) is 0 Å². The summed E-state index contributed by atoms with van der Waals surface area (Å²) in [6.45, 7) is 0.485. The van der Waals surface area contributed by atoms with Crippen molar-refractivity contribution in [3.63, 3.8) is 0 Å². The second kappa shape index (κ2) is 9.78. The summed E-state index contributed by atoms with van der Waals surface area (Å²) in [5, 5.41) is 11.2. The maximum Gasteiger partial charge on any atom is 0.303 e. The highest BCUT2D eigenvalue weighted by Crippen LogP contribution is 2.27. The standard InChI is InChI=1S/C14H17Br2NO4/c15-10-5-6-12(11(16)8-10)21-9-13(18)17-7-3-1-2-4-14(19)20/h5-6,8H,1-4,7,9H2,(H,17,18)(H,19,20). The van der Waals surface area contributed by atoms with Crippen molar-refractivity contribution in [2.75, 3.05) is 13.2 Å². The molecule has 5 nitrogen and oxygen atoms in total. The number of ether oxygens (including phenoxy) is 1. The molecule has 0 aliphatic rings. The molecule has 0 bridgehead atoms. The van der Waals surface area contributed by atoms with Crippen molar-refractivity contribution in [2.45, 2.75) is 25.7 Å². The van der Waals surface area contributed by atoms with E-state index in [0.29, 0.717) is 18.7 Å². The number of carbonyl (C=O) groups excluding carboxylic acids is 1. The number of hydrogen-bond donors (Lipinski definition) is 2. The molecular formula is C14H17Br2NO4. The summed E-state index contributed by atoms with van der Waals surface area (Å²) < 4.78 is 7.11. The van der Waals surface area contributed by atoms with Crippen molar-refractivity contribution < 1.29 is 19.4 Å². The Morgan fingerprint density at radius 2 is 1.95 bits per heavy atom. The van der Waals surface area contributed by atoms with Crippen LogP contribution in [0.1, 0.15) is 25.7 Å². The van der Waals surface area contributed by atoms with E-state index in [1.165, 1.54) is 0 Å². The average Bonchev–Trinajstić information content (AvgIpc) is 2.41. The van der Waals surface area contributed by atoms with Crippen LogP contribution in [0.2, 0.25) is 0 Å². The van der Waals surface area contributed by atoms with Crippen molar-refractivity contribution in [1.82, 2.24) is 5.32 Å². The van der Waals surface area contributed by atoms with E-state index in [9.17, 15) is 9.59 Å². The number of nitrogens with one attached hydrogen (secondary N) is 1. The number of carboxylic acids is 1.